The lowest BCUT2D eigenvalue weighted by molar-refractivity contribution is -0.152. The molecule has 19 heavy (non-hydrogen) atoms. The topological polar surface area (TPSA) is 75.6 Å². The number of rotatable bonds is 7. The summed E-state index contributed by atoms with van der Waals surface area (Å²) in [4.78, 5) is 23.6. The molecule has 1 amide bonds. The van der Waals surface area contributed by atoms with Crippen LogP contribution in [-0.4, -0.2) is 35.7 Å². The number of nitrogens with one attached hydrogen (secondary N) is 1. The maximum Gasteiger partial charge on any atom is 0.329 e. The lowest BCUT2D eigenvalue weighted by Crippen LogP contribution is -2.58. The summed E-state index contributed by atoms with van der Waals surface area (Å²) in [6.07, 6.45) is 4.91. The number of carboxylic acid groups (broad SMARTS) is 1. The SMILES string of the molecule is C=CCC(CC=C)C(=O)NC1(C(=O)O)CCOCC1. The number of amides is 1. The first-order chi connectivity index (χ1) is 9.05. The number of carboxylic acids is 1. The van der Waals surface area contributed by atoms with Crippen LogP contribution in [-0.2, 0) is 14.3 Å². The molecule has 0 aromatic rings. The van der Waals surface area contributed by atoms with E-state index in [4.69, 9.17) is 4.74 Å². The fraction of sp³-hybridized carbons (Fsp3) is 0.571. The van der Waals surface area contributed by atoms with Crippen LogP contribution >= 0.6 is 0 Å². The Morgan fingerprint density at radius 2 is 1.79 bits per heavy atom. The molecule has 5 nitrogen and oxygen atoms in total. The quantitative estimate of drug-likeness (QED) is 0.685. The minimum absolute atomic E-state index is 0.260. The average molecular weight is 267 g/mol. The lowest BCUT2D eigenvalue weighted by atomic mass is 9.88. The molecule has 0 atom stereocenters. The Bertz CT molecular complexity index is 348. The highest BCUT2D eigenvalue weighted by Gasteiger charge is 2.42. The molecule has 1 rings (SSSR count). The Kier molecular flexibility index (Phi) is 5.76. The van der Waals surface area contributed by atoms with Crippen LogP contribution in [0.4, 0.5) is 0 Å². The Morgan fingerprint density at radius 1 is 1.26 bits per heavy atom. The number of hydrogen-bond donors (Lipinski definition) is 2. The van der Waals surface area contributed by atoms with Gasteiger partial charge in [0.15, 0.2) is 0 Å². The highest BCUT2D eigenvalue weighted by atomic mass is 16.5. The molecule has 0 aromatic heterocycles. The molecule has 0 unspecified atom stereocenters. The summed E-state index contributed by atoms with van der Waals surface area (Å²) in [5, 5.41) is 12.1. The summed E-state index contributed by atoms with van der Waals surface area (Å²) >= 11 is 0. The van der Waals surface area contributed by atoms with Crippen LogP contribution in [0.1, 0.15) is 25.7 Å². The van der Waals surface area contributed by atoms with Gasteiger partial charge >= 0.3 is 5.97 Å². The van der Waals surface area contributed by atoms with Gasteiger partial charge in [-0.3, -0.25) is 4.79 Å². The van der Waals surface area contributed by atoms with Gasteiger partial charge in [-0.25, -0.2) is 4.79 Å². The van der Waals surface area contributed by atoms with E-state index in [2.05, 4.69) is 18.5 Å². The zero-order valence-electron chi connectivity index (χ0n) is 11.1. The molecule has 106 valence electrons. The summed E-state index contributed by atoms with van der Waals surface area (Å²) in [6.45, 7) is 7.92. The summed E-state index contributed by atoms with van der Waals surface area (Å²) in [6, 6.07) is 0. The molecule has 1 fully saturated rings. The second-order valence-electron chi connectivity index (χ2n) is 4.73. The van der Waals surface area contributed by atoms with Gasteiger partial charge in [-0.2, -0.15) is 0 Å². The minimum atomic E-state index is -1.20. The number of hydrogen-bond acceptors (Lipinski definition) is 3. The van der Waals surface area contributed by atoms with Crippen molar-refractivity contribution >= 4 is 11.9 Å². The molecule has 0 spiro atoms. The summed E-state index contributed by atoms with van der Waals surface area (Å²) < 4.78 is 5.16. The molecule has 0 bridgehead atoms. The number of carbonyl (C=O) groups is 2. The number of ether oxygens (including phenoxy) is 1. The van der Waals surface area contributed by atoms with E-state index in [1.165, 1.54) is 0 Å². The molecule has 0 aliphatic carbocycles. The van der Waals surface area contributed by atoms with Crippen LogP contribution in [0.15, 0.2) is 25.3 Å². The van der Waals surface area contributed by atoms with Crippen molar-refractivity contribution in [2.45, 2.75) is 31.2 Å². The molecular formula is C14H21NO4. The molecule has 0 saturated carbocycles. The van der Waals surface area contributed by atoms with Crippen molar-refractivity contribution in [3.8, 4) is 0 Å². The van der Waals surface area contributed by atoms with Crippen molar-refractivity contribution in [3.63, 3.8) is 0 Å². The average Bonchev–Trinajstić information content (AvgIpc) is 2.39. The predicted octanol–water partition coefficient (Wildman–Crippen LogP) is 1.50. The van der Waals surface area contributed by atoms with E-state index < -0.39 is 11.5 Å². The maximum atomic E-state index is 12.2. The van der Waals surface area contributed by atoms with E-state index in [1.54, 1.807) is 12.2 Å². The Balaban J connectivity index is 2.77. The van der Waals surface area contributed by atoms with Crippen LogP contribution in [0.25, 0.3) is 0 Å². The van der Waals surface area contributed by atoms with Gasteiger partial charge in [0.1, 0.15) is 5.54 Å². The van der Waals surface area contributed by atoms with Crippen LogP contribution in [0.2, 0.25) is 0 Å². The first-order valence-corrected chi connectivity index (χ1v) is 6.40. The highest BCUT2D eigenvalue weighted by Crippen LogP contribution is 2.23. The lowest BCUT2D eigenvalue weighted by Gasteiger charge is -2.35. The zero-order chi connectivity index (χ0) is 14.3. The summed E-state index contributed by atoms with van der Waals surface area (Å²) in [5.74, 6) is -1.57. The second kappa shape index (κ2) is 7.09. The molecule has 0 radical (unpaired) electrons. The van der Waals surface area contributed by atoms with Crippen molar-refractivity contribution in [3.05, 3.63) is 25.3 Å². The molecular weight excluding hydrogens is 246 g/mol. The predicted molar refractivity (Wildman–Crippen MR) is 71.7 cm³/mol. The zero-order valence-corrected chi connectivity index (χ0v) is 11.1. The molecule has 5 heteroatoms. The standard InChI is InChI=1S/C14H21NO4/c1-3-5-11(6-4-2)12(16)15-14(13(17)18)7-9-19-10-8-14/h3-4,11H,1-2,5-10H2,(H,15,16)(H,17,18). The minimum Gasteiger partial charge on any atom is -0.480 e. The Morgan fingerprint density at radius 3 is 2.21 bits per heavy atom. The van der Waals surface area contributed by atoms with Gasteiger partial charge in [-0.15, -0.1) is 13.2 Å². The van der Waals surface area contributed by atoms with Crippen LogP contribution in [0.3, 0.4) is 0 Å². The van der Waals surface area contributed by atoms with Crippen molar-refractivity contribution in [2.75, 3.05) is 13.2 Å². The monoisotopic (exact) mass is 267 g/mol. The highest BCUT2D eigenvalue weighted by molar-refractivity contribution is 5.88. The fourth-order valence-electron chi connectivity index (χ4n) is 2.16. The third-order valence-corrected chi connectivity index (χ3v) is 3.39. The fourth-order valence-corrected chi connectivity index (χ4v) is 2.16. The Hall–Kier alpha value is -1.62. The van der Waals surface area contributed by atoms with Gasteiger partial charge in [-0.1, -0.05) is 12.2 Å². The number of aliphatic carboxylic acids is 1. The molecule has 2 N–H and O–H groups in total. The first kappa shape index (κ1) is 15.4. The van der Waals surface area contributed by atoms with E-state index in [-0.39, 0.29) is 11.8 Å². The summed E-state index contributed by atoms with van der Waals surface area (Å²) in [5.41, 5.74) is -1.20. The third kappa shape index (κ3) is 3.92. The smallest absolute Gasteiger partial charge is 0.329 e. The van der Waals surface area contributed by atoms with Gasteiger partial charge in [0.25, 0.3) is 0 Å². The Labute approximate surface area is 113 Å². The maximum absolute atomic E-state index is 12.2. The van der Waals surface area contributed by atoms with E-state index in [1.807, 2.05) is 0 Å². The van der Waals surface area contributed by atoms with Gasteiger partial charge in [0.05, 0.1) is 0 Å². The van der Waals surface area contributed by atoms with Gasteiger partial charge in [-0.05, 0) is 12.8 Å². The van der Waals surface area contributed by atoms with Gasteiger partial charge in [0.2, 0.25) is 5.91 Å². The molecule has 1 heterocycles. The van der Waals surface area contributed by atoms with Crippen molar-refractivity contribution in [2.24, 2.45) is 5.92 Å². The van der Waals surface area contributed by atoms with Crippen molar-refractivity contribution in [1.82, 2.24) is 5.32 Å². The van der Waals surface area contributed by atoms with Crippen LogP contribution in [0.5, 0.6) is 0 Å². The molecule has 1 aliphatic heterocycles. The first-order valence-electron chi connectivity index (χ1n) is 6.40. The van der Waals surface area contributed by atoms with Gasteiger partial charge < -0.3 is 15.2 Å². The van der Waals surface area contributed by atoms with Crippen molar-refractivity contribution in [1.29, 1.82) is 0 Å². The number of carbonyl (C=O) groups excluding carboxylic acids is 1. The van der Waals surface area contributed by atoms with E-state index >= 15 is 0 Å². The van der Waals surface area contributed by atoms with Crippen LogP contribution < -0.4 is 5.32 Å². The second-order valence-corrected chi connectivity index (χ2v) is 4.73. The van der Waals surface area contributed by atoms with Crippen molar-refractivity contribution < 1.29 is 19.4 Å². The normalized spacial score (nSPS) is 17.7. The van der Waals surface area contributed by atoms with E-state index in [9.17, 15) is 14.7 Å². The van der Waals surface area contributed by atoms with Crippen LogP contribution in [0, 0.1) is 5.92 Å². The van der Waals surface area contributed by atoms with Gasteiger partial charge in [0, 0.05) is 32.0 Å². The molecule has 1 saturated heterocycles. The largest absolute Gasteiger partial charge is 0.480 e. The van der Waals surface area contributed by atoms with E-state index in [0.29, 0.717) is 38.9 Å². The molecule has 1 aliphatic rings. The molecule has 0 aromatic carbocycles. The van der Waals surface area contributed by atoms with E-state index in [0.717, 1.165) is 0 Å². The third-order valence-electron chi connectivity index (χ3n) is 3.39. The summed E-state index contributed by atoms with van der Waals surface area (Å²) in [7, 11) is 0. The number of allylic oxidation sites excluding steroid dienone is 2.